The first-order valence-corrected chi connectivity index (χ1v) is 5.77. The number of rotatable bonds is 7. The van der Waals surface area contributed by atoms with Crippen LogP contribution < -0.4 is 14.8 Å². The van der Waals surface area contributed by atoms with Crippen molar-refractivity contribution >= 4 is 17.5 Å². The molecule has 0 spiro atoms. The third kappa shape index (κ3) is 4.81. The van der Waals surface area contributed by atoms with E-state index in [0.29, 0.717) is 29.7 Å². The lowest BCUT2D eigenvalue weighted by atomic mass is 10.3. The lowest BCUT2D eigenvalue weighted by Crippen LogP contribution is -2.31. The lowest BCUT2D eigenvalue weighted by Gasteiger charge is -2.09. The molecule has 100 valence electrons. The summed E-state index contributed by atoms with van der Waals surface area (Å²) < 4.78 is 15.1. The maximum Gasteiger partial charge on any atom is 0.258 e. The van der Waals surface area contributed by atoms with Gasteiger partial charge in [0.15, 0.2) is 6.61 Å². The van der Waals surface area contributed by atoms with E-state index in [2.05, 4.69) is 5.32 Å². The van der Waals surface area contributed by atoms with E-state index >= 15 is 0 Å². The number of halogens is 1. The number of amides is 1. The van der Waals surface area contributed by atoms with Gasteiger partial charge in [-0.25, -0.2) is 0 Å². The van der Waals surface area contributed by atoms with Crippen LogP contribution in [0.4, 0.5) is 0 Å². The molecule has 0 aliphatic carbocycles. The number of methoxy groups -OCH3 is 2. The fourth-order valence-electron chi connectivity index (χ4n) is 1.23. The Morgan fingerprint density at radius 2 is 2.17 bits per heavy atom. The van der Waals surface area contributed by atoms with E-state index in [-0.39, 0.29) is 12.5 Å². The van der Waals surface area contributed by atoms with Crippen molar-refractivity contribution in [3.05, 3.63) is 23.2 Å². The van der Waals surface area contributed by atoms with Gasteiger partial charge in [0.2, 0.25) is 0 Å². The number of nitrogens with one attached hydrogen (secondary N) is 1. The van der Waals surface area contributed by atoms with Crippen LogP contribution in [0.2, 0.25) is 5.02 Å². The van der Waals surface area contributed by atoms with Crippen LogP contribution in [0.15, 0.2) is 18.2 Å². The van der Waals surface area contributed by atoms with E-state index in [4.69, 9.17) is 25.8 Å². The highest BCUT2D eigenvalue weighted by atomic mass is 35.5. The second-order valence-electron chi connectivity index (χ2n) is 3.43. The fourth-order valence-corrected chi connectivity index (χ4v) is 1.48. The zero-order valence-corrected chi connectivity index (χ0v) is 11.1. The van der Waals surface area contributed by atoms with E-state index in [1.165, 1.54) is 7.11 Å². The maximum absolute atomic E-state index is 11.3. The van der Waals surface area contributed by atoms with Gasteiger partial charge in [0.1, 0.15) is 11.5 Å². The summed E-state index contributed by atoms with van der Waals surface area (Å²) in [7, 11) is 3.10. The van der Waals surface area contributed by atoms with Crippen molar-refractivity contribution in [2.45, 2.75) is 0 Å². The number of ether oxygens (including phenoxy) is 3. The second-order valence-corrected chi connectivity index (χ2v) is 3.83. The summed E-state index contributed by atoms with van der Waals surface area (Å²) in [5.41, 5.74) is 0. The van der Waals surface area contributed by atoms with Gasteiger partial charge in [-0.2, -0.15) is 0 Å². The Hall–Kier alpha value is -1.46. The average Bonchev–Trinajstić information content (AvgIpc) is 2.37. The number of hydrogen-bond acceptors (Lipinski definition) is 4. The van der Waals surface area contributed by atoms with Gasteiger partial charge in [-0.15, -0.1) is 0 Å². The zero-order valence-electron chi connectivity index (χ0n) is 10.4. The molecule has 0 aliphatic heterocycles. The SMILES string of the molecule is COCCNC(=O)COc1ccc(OC)c(Cl)c1. The standard InChI is InChI=1S/C12H16ClNO4/c1-16-6-5-14-12(15)8-18-9-3-4-11(17-2)10(13)7-9/h3-4,7H,5-6,8H2,1-2H3,(H,14,15). The molecule has 1 aromatic rings. The molecule has 1 rings (SSSR count). The van der Waals surface area contributed by atoms with E-state index in [0.717, 1.165) is 0 Å². The first-order valence-electron chi connectivity index (χ1n) is 5.39. The Balaban J connectivity index is 2.39. The largest absolute Gasteiger partial charge is 0.495 e. The van der Waals surface area contributed by atoms with E-state index in [1.807, 2.05) is 0 Å². The van der Waals surface area contributed by atoms with Gasteiger partial charge in [-0.1, -0.05) is 11.6 Å². The third-order valence-electron chi connectivity index (χ3n) is 2.12. The first-order chi connectivity index (χ1) is 8.67. The van der Waals surface area contributed by atoms with Crippen molar-refractivity contribution in [3.8, 4) is 11.5 Å². The van der Waals surface area contributed by atoms with Crippen LogP contribution >= 0.6 is 11.6 Å². The molecule has 0 heterocycles. The minimum atomic E-state index is -0.209. The van der Waals surface area contributed by atoms with Crippen LogP contribution in [0.3, 0.4) is 0 Å². The molecule has 0 radical (unpaired) electrons. The fraction of sp³-hybridized carbons (Fsp3) is 0.417. The second kappa shape index (κ2) is 7.79. The predicted molar refractivity (Wildman–Crippen MR) is 68.4 cm³/mol. The Morgan fingerprint density at radius 3 is 2.78 bits per heavy atom. The minimum Gasteiger partial charge on any atom is -0.495 e. The molecule has 0 atom stereocenters. The molecule has 6 heteroatoms. The maximum atomic E-state index is 11.3. The molecular formula is C12H16ClNO4. The van der Waals surface area contributed by atoms with Gasteiger partial charge in [0.25, 0.3) is 5.91 Å². The highest BCUT2D eigenvalue weighted by Gasteiger charge is 2.05. The summed E-state index contributed by atoms with van der Waals surface area (Å²) in [6, 6.07) is 4.97. The molecule has 0 unspecified atom stereocenters. The van der Waals surface area contributed by atoms with Crippen LogP contribution in [-0.4, -0.2) is 39.9 Å². The third-order valence-corrected chi connectivity index (χ3v) is 2.42. The number of carbonyl (C=O) groups excluding carboxylic acids is 1. The molecule has 0 fully saturated rings. The normalized spacial score (nSPS) is 9.94. The molecule has 5 nitrogen and oxygen atoms in total. The molecule has 1 amide bonds. The molecule has 0 saturated heterocycles. The monoisotopic (exact) mass is 273 g/mol. The average molecular weight is 274 g/mol. The number of benzene rings is 1. The van der Waals surface area contributed by atoms with E-state index in [9.17, 15) is 4.79 Å². The van der Waals surface area contributed by atoms with Gasteiger partial charge in [-0.3, -0.25) is 4.79 Å². The van der Waals surface area contributed by atoms with Gasteiger partial charge in [-0.05, 0) is 12.1 Å². The van der Waals surface area contributed by atoms with Crippen molar-refractivity contribution in [2.75, 3.05) is 34.0 Å². The zero-order chi connectivity index (χ0) is 13.4. The van der Waals surface area contributed by atoms with Crippen molar-refractivity contribution < 1.29 is 19.0 Å². The Bertz CT molecular complexity index is 398. The molecule has 0 bridgehead atoms. The molecule has 18 heavy (non-hydrogen) atoms. The molecule has 1 N–H and O–H groups in total. The van der Waals surface area contributed by atoms with Crippen LogP contribution in [-0.2, 0) is 9.53 Å². The van der Waals surface area contributed by atoms with Crippen molar-refractivity contribution in [1.29, 1.82) is 0 Å². The Morgan fingerprint density at radius 1 is 1.39 bits per heavy atom. The molecule has 0 aromatic heterocycles. The summed E-state index contributed by atoms with van der Waals surface area (Å²) in [4.78, 5) is 11.3. The van der Waals surface area contributed by atoms with Gasteiger partial charge in [0, 0.05) is 19.7 Å². The van der Waals surface area contributed by atoms with Crippen LogP contribution in [0.25, 0.3) is 0 Å². The summed E-state index contributed by atoms with van der Waals surface area (Å²) in [6.07, 6.45) is 0. The Labute approximate surface area is 111 Å². The quantitative estimate of drug-likeness (QED) is 0.765. The smallest absolute Gasteiger partial charge is 0.258 e. The predicted octanol–water partition coefficient (Wildman–Crippen LogP) is 1.49. The number of hydrogen-bond donors (Lipinski definition) is 1. The van der Waals surface area contributed by atoms with E-state index < -0.39 is 0 Å². The van der Waals surface area contributed by atoms with Gasteiger partial charge < -0.3 is 19.5 Å². The summed E-state index contributed by atoms with van der Waals surface area (Å²) in [6.45, 7) is 0.870. The van der Waals surface area contributed by atoms with E-state index in [1.54, 1.807) is 25.3 Å². The highest BCUT2D eigenvalue weighted by molar-refractivity contribution is 6.32. The molecular weight excluding hydrogens is 258 g/mol. The van der Waals surface area contributed by atoms with Crippen molar-refractivity contribution in [3.63, 3.8) is 0 Å². The number of carbonyl (C=O) groups is 1. The van der Waals surface area contributed by atoms with Crippen molar-refractivity contribution in [1.82, 2.24) is 5.32 Å². The molecule has 1 aromatic carbocycles. The topological polar surface area (TPSA) is 56.8 Å². The summed E-state index contributed by atoms with van der Waals surface area (Å²) >= 11 is 5.93. The van der Waals surface area contributed by atoms with Gasteiger partial charge >= 0.3 is 0 Å². The van der Waals surface area contributed by atoms with Gasteiger partial charge in [0.05, 0.1) is 18.7 Å². The van der Waals surface area contributed by atoms with Crippen LogP contribution in [0.5, 0.6) is 11.5 Å². The minimum absolute atomic E-state index is 0.0631. The Kier molecular flexibility index (Phi) is 6.32. The van der Waals surface area contributed by atoms with Crippen LogP contribution in [0, 0.1) is 0 Å². The molecule has 0 saturated carbocycles. The summed E-state index contributed by atoms with van der Waals surface area (Å²) in [5, 5.41) is 3.08. The lowest BCUT2D eigenvalue weighted by molar-refractivity contribution is -0.123. The van der Waals surface area contributed by atoms with Crippen LogP contribution in [0.1, 0.15) is 0 Å². The molecule has 0 aliphatic rings. The van der Waals surface area contributed by atoms with Crippen molar-refractivity contribution in [2.24, 2.45) is 0 Å². The summed E-state index contributed by atoms with van der Waals surface area (Å²) in [5.74, 6) is 0.871. The first kappa shape index (κ1) is 14.6. The highest BCUT2D eigenvalue weighted by Crippen LogP contribution is 2.28.